The highest BCUT2D eigenvalue weighted by atomic mass is 16.5. The van der Waals surface area contributed by atoms with E-state index in [1.807, 2.05) is 30.3 Å². The number of hydrogen-bond acceptors (Lipinski definition) is 4. The molecule has 1 aliphatic rings. The van der Waals surface area contributed by atoms with E-state index in [0.29, 0.717) is 11.5 Å². The Hall–Kier alpha value is -2.63. The molecule has 2 aromatic rings. The summed E-state index contributed by atoms with van der Waals surface area (Å²) < 4.78 is 5.27. The molecule has 1 heterocycles. The number of nitrogens with one attached hydrogen (secondary N) is 2. The molecule has 25 heavy (non-hydrogen) atoms. The van der Waals surface area contributed by atoms with E-state index < -0.39 is 0 Å². The number of benzene rings is 1. The van der Waals surface area contributed by atoms with E-state index in [4.69, 9.17) is 4.52 Å². The third kappa shape index (κ3) is 5.17. The SMILES string of the molecule is O=C(Cc1cc(-c2ccccc2)on1)NCC(=O)NC1CCCCC1. The molecule has 1 saturated carbocycles. The van der Waals surface area contributed by atoms with E-state index in [-0.39, 0.29) is 30.8 Å². The van der Waals surface area contributed by atoms with Crippen molar-refractivity contribution in [1.82, 2.24) is 15.8 Å². The third-order valence-corrected chi connectivity index (χ3v) is 4.38. The van der Waals surface area contributed by atoms with Crippen LogP contribution in [0.3, 0.4) is 0 Å². The number of amides is 2. The molecule has 2 N–H and O–H groups in total. The zero-order chi connectivity index (χ0) is 17.5. The first-order valence-corrected chi connectivity index (χ1v) is 8.78. The molecule has 0 saturated heterocycles. The fourth-order valence-electron chi connectivity index (χ4n) is 3.07. The topological polar surface area (TPSA) is 84.2 Å². The van der Waals surface area contributed by atoms with Crippen molar-refractivity contribution >= 4 is 11.8 Å². The largest absolute Gasteiger partial charge is 0.356 e. The molecule has 1 aromatic heterocycles. The van der Waals surface area contributed by atoms with Gasteiger partial charge in [0, 0.05) is 17.7 Å². The second kappa shape index (κ2) is 8.46. The molecule has 0 unspecified atom stereocenters. The average Bonchev–Trinajstić information content (AvgIpc) is 3.10. The molecule has 0 spiro atoms. The fourth-order valence-corrected chi connectivity index (χ4v) is 3.07. The van der Waals surface area contributed by atoms with Gasteiger partial charge in [-0.1, -0.05) is 54.8 Å². The van der Waals surface area contributed by atoms with Gasteiger partial charge >= 0.3 is 0 Å². The van der Waals surface area contributed by atoms with Gasteiger partial charge in [-0.25, -0.2) is 0 Å². The molecule has 3 rings (SSSR count). The first-order chi connectivity index (χ1) is 12.2. The molecule has 6 nitrogen and oxygen atoms in total. The smallest absolute Gasteiger partial charge is 0.239 e. The molecule has 2 amide bonds. The van der Waals surface area contributed by atoms with Crippen LogP contribution in [0.1, 0.15) is 37.8 Å². The minimum absolute atomic E-state index is 0.00126. The minimum atomic E-state index is -0.244. The highest BCUT2D eigenvalue weighted by molar-refractivity contribution is 5.85. The Morgan fingerprint density at radius 3 is 2.60 bits per heavy atom. The van der Waals surface area contributed by atoms with Crippen LogP contribution in [-0.2, 0) is 16.0 Å². The Bertz CT molecular complexity index is 706. The molecule has 0 radical (unpaired) electrons. The van der Waals surface area contributed by atoms with Crippen molar-refractivity contribution in [2.75, 3.05) is 6.54 Å². The van der Waals surface area contributed by atoms with Crippen LogP contribution in [0.25, 0.3) is 11.3 Å². The lowest BCUT2D eigenvalue weighted by Crippen LogP contribution is -2.43. The van der Waals surface area contributed by atoms with Gasteiger partial charge in [0.1, 0.15) is 0 Å². The van der Waals surface area contributed by atoms with Gasteiger partial charge in [0.25, 0.3) is 0 Å². The highest BCUT2D eigenvalue weighted by Gasteiger charge is 2.16. The Morgan fingerprint density at radius 1 is 1.08 bits per heavy atom. The van der Waals surface area contributed by atoms with Crippen LogP contribution in [0.4, 0.5) is 0 Å². The fraction of sp³-hybridized carbons (Fsp3) is 0.421. The van der Waals surface area contributed by atoms with Crippen molar-refractivity contribution in [3.8, 4) is 11.3 Å². The summed E-state index contributed by atoms with van der Waals surface area (Å²) in [5.41, 5.74) is 1.46. The van der Waals surface area contributed by atoms with Gasteiger partial charge in [0.05, 0.1) is 18.7 Å². The summed E-state index contributed by atoms with van der Waals surface area (Å²) in [4.78, 5) is 23.9. The van der Waals surface area contributed by atoms with E-state index in [9.17, 15) is 9.59 Å². The van der Waals surface area contributed by atoms with Crippen molar-refractivity contribution in [2.24, 2.45) is 0 Å². The number of carbonyl (C=O) groups excluding carboxylic acids is 2. The lowest BCUT2D eigenvalue weighted by molar-refractivity contribution is -0.126. The van der Waals surface area contributed by atoms with E-state index in [0.717, 1.165) is 31.2 Å². The van der Waals surface area contributed by atoms with Crippen molar-refractivity contribution in [1.29, 1.82) is 0 Å². The molecule has 132 valence electrons. The zero-order valence-corrected chi connectivity index (χ0v) is 14.2. The monoisotopic (exact) mass is 341 g/mol. The number of nitrogens with zero attached hydrogens (tertiary/aromatic N) is 1. The molecule has 0 bridgehead atoms. The summed E-state index contributed by atoms with van der Waals surface area (Å²) in [5, 5.41) is 9.53. The molecule has 1 fully saturated rings. The predicted molar refractivity (Wildman–Crippen MR) is 93.7 cm³/mol. The highest BCUT2D eigenvalue weighted by Crippen LogP contribution is 2.20. The maximum absolute atomic E-state index is 12.0. The summed E-state index contributed by atoms with van der Waals surface area (Å²) in [7, 11) is 0. The maximum atomic E-state index is 12.0. The standard InChI is InChI=1S/C19H23N3O3/c23-18(20-13-19(24)21-15-9-5-2-6-10-15)12-16-11-17(25-22-16)14-7-3-1-4-8-14/h1,3-4,7-8,11,15H,2,5-6,9-10,12-13H2,(H,20,23)(H,21,24). The van der Waals surface area contributed by atoms with Crippen LogP contribution >= 0.6 is 0 Å². The first-order valence-electron chi connectivity index (χ1n) is 8.78. The molecule has 1 aromatic carbocycles. The van der Waals surface area contributed by atoms with E-state index in [2.05, 4.69) is 15.8 Å². The minimum Gasteiger partial charge on any atom is -0.356 e. The van der Waals surface area contributed by atoms with Gasteiger partial charge < -0.3 is 15.2 Å². The van der Waals surface area contributed by atoms with Gasteiger partial charge in [0.2, 0.25) is 11.8 Å². The Morgan fingerprint density at radius 2 is 1.84 bits per heavy atom. The van der Waals surface area contributed by atoms with Gasteiger partial charge in [0.15, 0.2) is 5.76 Å². The Kier molecular flexibility index (Phi) is 5.82. The number of rotatable bonds is 6. The average molecular weight is 341 g/mol. The van der Waals surface area contributed by atoms with Crippen LogP contribution in [-0.4, -0.2) is 29.6 Å². The van der Waals surface area contributed by atoms with Crippen LogP contribution in [0.5, 0.6) is 0 Å². The lowest BCUT2D eigenvalue weighted by atomic mass is 9.95. The number of carbonyl (C=O) groups is 2. The lowest BCUT2D eigenvalue weighted by Gasteiger charge is -2.22. The quantitative estimate of drug-likeness (QED) is 0.845. The molecular formula is C19H23N3O3. The second-order valence-corrected chi connectivity index (χ2v) is 6.40. The van der Waals surface area contributed by atoms with E-state index in [1.54, 1.807) is 6.07 Å². The summed E-state index contributed by atoms with van der Waals surface area (Å²) in [6, 6.07) is 11.6. The number of hydrogen-bond donors (Lipinski definition) is 2. The Labute approximate surface area is 147 Å². The summed E-state index contributed by atoms with van der Waals surface area (Å²) >= 11 is 0. The number of aromatic nitrogens is 1. The van der Waals surface area contributed by atoms with Crippen LogP contribution in [0, 0.1) is 0 Å². The van der Waals surface area contributed by atoms with Crippen LogP contribution < -0.4 is 10.6 Å². The van der Waals surface area contributed by atoms with Gasteiger partial charge in [-0.05, 0) is 12.8 Å². The van der Waals surface area contributed by atoms with E-state index in [1.165, 1.54) is 6.42 Å². The maximum Gasteiger partial charge on any atom is 0.239 e. The first kappa shape index (κ1) is 17.2. The summed E-state index contributed by atoms with van der Waals surface area (Å²) in [6.45, 7) is -0.00126. The molecule has 0 aliphatic heterocycles. The van der Waals surface area contributed by atoms with Crippen LogP contribution in [0.15, 0.2) is 40.9 Å². The van der Waals surface area contributed by atoms with E-state index >= 15 is 0 Å². The summed E-state index contributed by atoms with van der Waals surface area (Å²) in [6.07, 6.45) is 5.71. The second-order valence-electron chi connectivity index (χ2n) is 6.40. The van der Waals surface area contributed by atoms with Crippen molar-refractivity contribution in [3.05, 3.63) is 42.1 Å². The molecular weight excluding hydrogens is 318 g/mol. The van der Waals surface area contributed by atoms with Crippen molar-refractivity contribution in [3.63, 3.8) is 0 Å². The molecule has 1 aliphatic carbocycles. The molecule has 0 atom stereocenters. The normalized spacial score (nSPS) is 14.9. The van der Waals surface area contributed by atoms with Crippen LogP contribution in [0.2, 0.25) is 0 Å². The van der Waals surface area contributed by atoms with Gasteiger partial charge in [-0.15, -0.1) is 0 Å². The van der Waals surface area contributed by atoms with Crippen molar-refractivity contribution in [2.45, 2.75) is 44.6 Å². The summed E-state index contributed by atoms with van der Waals surface area (Å²) in [5.74, 6) is 0.246. The molecule has 6 heteroatoms. The predicted octanol–water partition coefficient (Wildman–Crippen LogP) is 2.45. The third-order valence-electron chi connectivity index (χ3n) is 4.38. The van der Waals surface area contributed by atoms with Gasteiger partial charge in [-0.2, -0.15) is 0 Å². The van der Waals surface area contributed by atoms with Gasteiger partial charge in [-0.3, -0.25) is 9.59 Å². The van der Waals surface area contributed by atoms with Crippen molar-refractivity contribution < 1.29 is 14.1 Å². The zero-order valence-electron chi connectivity index (χ0n) is 14.2. The Balaban J connectivity index is 1.43.